The summed E-state index contributed by atoms with van der Waals surface area (Å²) in [7, 11) is 0. The van der Waals surface area contributed by atoms with Crippen LogP contribution < -0.4 is 0 Å². The summed E-state index contributed by atoms with van der Waals surface area (Å²) in [4.78, 5) is 16.4. The van der Waals surface area contributed by atoms with Crippen molar-refractivity contribution in [3.63, 3.8) is 0 Å². The number of carbonyl (C=O) groups excluding carboxylic acids is 1. The fourth-order valence-corrected chi connectivity index (χ4v) is 2.20. The van der Waals surface area contributed by atoms with E-state index < -0.39 is 0 Å². The molecule has 0 amide bonds. The van der Waals surface area contributed by atoms with Crippen molar-refractivity contribution >= 4 is 33.3 Å². The summed E-state index contributed by atoms with van der Waals surface area (Å²) in [6.45, 7) is 2.08. The third-order valence-electron chi connectivity index (χ3n) is 2.88. The van der Waals surface area contributed by atoms with E-state index in [-0.39, 0.29) is 5.78 Å². The predicted molar refractivity (Wildman–Crippen MR) is 80.8 cm³/mol. The summed E-state index contributed by atoms with van der Waals surface area (Å²) in [5.41, 5.74) is 2.59. The largest absolute Gasteiger partial charge is 0.294 e. The van der Waals surface area contributed by atoms with Gasteiger partial charge in [-0.3, -0.25) is 9.78 Å². The number of aryl methyl sites for hydroxylation is 1. The van der Waals surface area contributed by atoms with Crippen molar-refractivity contribution in [3.05, 3.63) is 62.8 Å². The number of carbonyl (C=O) groups is 1. The summed E-state index contributed by atoms with van der Waals surface area (Å²) in [5, 5.41) is 0.599. The number of halogens is 2. The molecule has 0 bridgehead atoms. The van der Waals surface area contributed by atoms with Crippen molar-refractivity contribution < 1.29 is 4.79 Å². The third kappa shape index (κ3) is 3.64. The van der Waals surface area contributed by atoms with Crippen molar-refractivity contribution in [2.45, 2.75) is 19.8 Å². The van der Waals surface area contributed by atoms with Gasteiger partial charge in [-0.1, -0.05) is 24.6 Å². The number of nitrogens with zero attached hydrogens (tertiary/aromatic N) is 1. The van der Waals surface area contributed by atoms with Crippen LogP contribution >= 0.6 is 27.5 Å². The average Bonchev–Trinajstić information content (AvgIpc) is 2.42. The summed E-state index contributed by atoms with van der Waals surface area (Å²) in [6.07, 6.45) is 3.07. The molecule has 0 aliphatic heterocycles. The number of rotatable bonds is 4. The Bertz CT molecular complexity index is 596. The van der Waals surface area contributed by atoms with Gasteiger partial charge >= 0.3 is 0 Å². The Morgan fingerprint density at radius 2 is 2.11 bits per heavy atom. The zero-order chi connectivity index (χ0) is 13.8. The van der Waals surface area contributed by atoms with Gasteiger partial charge in [-0.05, 0) is 52.2 Å². The maximum Gasteiger partial charge on any atom is 0.168 e. The maximum atomic E-state index is 12.1. The van der Waals surface area contributed by atoms with Gasteiger partial charge in [0.05, 0.1) is 11.4 Å². The molecule has 0 fully saturated rings. The van der Waals surface area contributed by atoms with Gasteiger partial charge in [0.1, 0.15) is 0 Å². The molecule has 2 aromatic rings. The van der Waals surface area contributed by atoms with Crippen LogP contribution in [0.2, 0.25) is 5.02 Å². The highest BCUT2D eigenvalue weighted by molar-refractivity contribution is 9.10. The van der Waals surface area contributed by atoms with Crippen molar-refractivity contribution in [1.82, 2.24) is 4.98 Å². The topological polar surface area (TPSA) is 30.0 Å². The zero-order valence-electron chi connectivity index (χ0n) is 10.5. The normalized spacial score (nSPS) is 10.5. The Kier molecular flexibility index (Phi) is 4.72. The lowest BCUT2D eigenvalue weighted by molar-refractivity contribution is 0.0992. The van der Waals surface area contributed by atoms with Gasteiger partial charge in [0.2, 0.25) is 0 Å². The van der Waals surface area contributed by atoms with Gasteiger partial charge < -0.3 is 0 Å². The lowest BCUT2D eigenvalue weighted by Gasteiger charge is -2.04. The smallest absolute Gasteiger partial charge is 0.168 e. The van der Waals surface area contributed by atoms with Crippen molar-refractivity contribution in [3.8, 4) is 0 Å². The number of pyridine rings is 1. The minimum Gasteiger partial charge on any atom is -0.294 e. The maximum absolute atomic E-state index is 12.1. The molecule has 98 valence electrons. The first kappa shape index (κ1) is 14.2. The molecule has 1 aromatic heterocycles. The monoisotopic (exact) mass is 337 g/mol. The Morgan fingerprint density at radius 1 is 1.32 bits per heavy atom. The SMILES string of the molecule is CCc1ccc(CC(=O)c2ccc(Cl)c(Br)c2)nc1. The van der Waals surface area contributed by atoms with Crippen LogP contribution in [-0.2, 0) is 12.8 Å². The second-order valence-electron chi connectivity index (χ2n) is 4.24. The van der Waals surface area contributed by atoms with Gasteiger partial charge in [-0.25, -0.2) is 0 Å². The van der Waals surface area contributed by atoms with Crippen LogP contribution in [0, 0.1) is 0 Å². The molecule has 1 aromatic carbocycles. The Hall–Kier alpha value is -1.19. The summed E-state index contributed by atoms with van der Waals surface area (Å²) in [6, 6.07) is 9.10. The summed E-state index contributed by atoms with van der Waals surface area (Å²) < 4.78 is 0.731. The van der Waals surface area contributed by atoms with Crippen LogP contribution in [0.25, 0.3) is 0 Å². The lowest BCUT2D eigenvalue weighted by atomic mass is 10.1. The highest BCUT2D eigenvalue weighted by atomic mass is 79.9. The van der Waals surface area contributed by atoms with Crippen molar-refractivity contribution in [2.75, 3.05) is 0 Å². The first-order chi connectivity index (χ1) is 9.10. The molecule has 4 heteroatoms. The number of hydrogen-bond donors (Lipinski definition) is 0. The lowest BCUT2D eigenvalue weighted by Crippen LogP contribution is -2.05. The predicted octanol–water partition coefficient (Wildman–Crippen LogP) is 4.49. The number of benzene rings is 1. The minimum absolute atomic E-state index is 0.0362. The van der Waals surface area contributed by atoms with E-state index in [0.29, 0.717) is 17.0 Å². The van der Waals surface area contributed by atoms with Gasteiger partial charge in [-0.2, -0.15) is 0 Å². The number of Topliss-reactive ketones (excluding diaryl/α,β-unsaturated/α-hetero) is 1. The highest BCUT2D eigenvalue weighted by Gasteiger charge is 2.09. The van der Waals surface area contributed by atoms with Crippen LogP contribution in [0.15, 0.2) is 41.0 Å². The second-order valence-corrected chi connectivity index (χ2v) is 5.50. The molecular formula is C15H13BrClNO. The number of hydrogen-bond acceptors (Lipinski definition) is 2. The molecule has 2 nitrogen and oxygen atoms in total. The molecule has 0 saturated carbocycles. The summed E-state index contributed by atoms with van der Waals surface area (Å²) >= 11 is 9.23. The molecule has 2 rings (SSSR count). The molecule has 19 heavy (non-hydrogen) atoms. The fourth-order valence-electron chi connectivity index (χ4n) is 1.70. The molecule has 0 aliphatic carbocycles. The van der Waals surface area contributed by atoms with E-state index in [4.69, 9.17) is 11.6 Å². The molecule has 0 spiro atoms. The van der Waals surface area contributed by atoms with Crippen LogP contribution in [-0.4, -0.2) is 10.8 Å². The van der Waals surface area contributed by atoms with E-state index in [1.165, 1.54) is 5.56 Å². The Morgan fingerprint density at radius 3 is 2.68 bits per heavy atom. The minimum atomic E-state index is 0.0362. The van der Waals surface area contributed by atoms with Crippen molar-refractivity contribution in [2.24, 2.45) is 0 Å². The van der Waals surface area contributed by atoms with Crippen LogP contribution in [0.1, 0.15) is 28.5 Å². The molecule has 0 saturated heterocycles. The third-order valence-corrected chi connectivity index (χ3v) is 4.09. The second kappa shape index (κ2) is 6.31. The van der Waals surface area contributed by atoms with Crippen molar-refractivity contribution in [1.29, 1.82) is 0 Å². The van der Waals surface area contributed by atoms with E-state index in [0.717, 1.165) is 16.6 Å². The van der Waals surface area contributed by atoms with E-state index in [9.17, 15) is 4.79 Å². The Balaban J connectivity index is 2.13. The molecule has 1 heterocycles. The van der Waals surface area contributed by atoms with Crippen LogP contribution in [0.3, 0.4) is 0 Å². The van der Waals surface area contributed by atoms with E-state index in [1.807, 2.05) is 18.3 Å². The van der Waals surface area contributed by atoms with Crippen LogP contribution in [0.5, 0.6) is 0 Å². The van der Waals surface area contributed by atoms with E-state index in [1.54, 1.807) is 18.2 Å². The van der Waals surface area contributed by atoms with Gasteiger partial charge in [0.25, 0.3) is 0 Å². The molecular weight excluding hydrogens is 326 g/mol. The number of aromatic nitrogens is 1. The van der Waals surface area contributed by atoms with Gasteiger partial charge in [0, 0.05) is 21.9 Å². The molecule has 0 atom stereocenters. The molecule has 0 unspecified atom stereocenters. The quantitative estimate of drug-likeness (QED) is 0.769. The molecule has 0 aliphatic rings. The van der Waals surface area contributed by atoms with Gasteiger partial charge in [0.15, 0.2) is 5.78 Å². The van der Waals surface area contributed by atoms with E-state index >= 15 is 0 Å². The molecule has 0 N–H and O–H groups in total. The zero-order valence-corrected chi connectivity index (χ0v) is 12.8. The number of ketones is 1. The molecule has 0 radical (unpaired) electrons. The van der Waals surface area contributed by atoms with Gasteiger partial charge in [-0.15, -0.1) is 0 Å². The standard InChI is InChI=1S/C15H13BrClNO/c1-2-10-3-5-12(18-9-10)8-15(19)11-4-6-14(17)13(16)7-11/h3-7,9H,2,8H2,1H3. The first-order valence-corrected chi connectivity index (χ1v) is 7.19. The highest BCUT2D eigenvalue weighted by Crippen LogP contribution is 2.23. The fraction of sp³-hybridized carbons (Fsp3) is 0.200. The Labute approximate surface area is 126 Å². The summed E-state index contributed by atoms with van der Waals surface area (Å²) in [5.74, 6) is 0.0362. The first-order valence-electron chi connectivity index (χ1n) is 6.02. The van der Waals surface area contributed by atoms with Crippen LogP contribution in [0.4, 0.5) is 0 Å². The average molecular weight is 339 g/mol. The van der Waals surface area contributed by atoms with E-state index in [2.05, 4.69) is 27.8 Å².